The van der Waals surface area contributed by atoms with Crippen LogP contribution in [0.1, 0.15) is 24.0 Å². The standard InChI is InChI=1S/C14H18N2O2/c1-10-2-4-11(5-3-10)8-14(18)16-12-6-7-13(17)15-9-12/h2-5,12H,6-9H2,1H3,(H,15,17)(H,16,18). The van der Waals surface area contributed by atoms with E-state index in [1.165, 1.54) is 5.56 Å². The SMILES string of the molecule is Cc1ccc(CC(=O)NC2CCC(=O)NC2)cc1. The lowest BCUT2D eigenvalue weighted by molar-refractivity contribution is -0.125. The third kappa shape index (κ3) is 3.58. The summed E-state index contributed by atoms with van der Waals surface area (Å²) >= 11 is 0. The van der Waals surface area contributed by atoms with E-state index in [2.05, 4.69) is 10.6 Å². The van der Waals surface area contributed by atoms with Crippen LogP contribution in [0, 0.1) is 6.92 Å². The van der Waals surface area contributed by atoms with Gasteiger partial charge in [0.2, 0.25) is 11.8 Å². The van der Waals surface area contributed by atoms with E-state index in [0.29, 0.717) is 19.4 Å². The average Bonchev–Trinajstić information content (AvgIpc) is 2.35. The maximum absolute atomic E-state index is 11.8. The number of rotatable bonds is 3. The van der Waals surface area contributed by atoms with Crippen molar-refractivity contribution in [1.29, 1.82) is 0 Å². The Kier molecular flexibility index (Phi) is 3.97. The van der Waals surface area contributed by atoms with Crippen molar-refractivity contribution >= 4 is 11.8 Å². The van der Waals surface area contributed by atoms with E-state index in [9.17, 15) is 9.59 Å². The van der Waals surface area contributed by atoms with Gasteiger partial charge in [-0.05, 0) is 18.9 Å². The fraction of sp³-hybridized carbons (Fsp3) is 0.429. The van der Waals surface area contributed by atoms with E-state index in [-0.39, 0.29) is 17.9 Å². The predicted octanol–water partition coefficient (Wildman–Crippen LogP) is 0.932. The normalized spacial score (nSPS) is 19.2. The van der Waals surface area contributed by atoms with Gasteiger partial charge in [0, 0.05) is 19.0 Å². The van der Waals surface area contributed by atoms with Gasteiger partial charge in [-0.2, -0.15) is 0 Å². The Balaban J connectivity index is 1.81. The van der Waals surface area contributed by atoms with E-state index in [1.54, 1.807) is 0 Å². The molecule has 1 fully saturated rings. The maximum atomic E-state index is 11.8. The molecule has 4 heteroatoms. The van der Waals surface area contributed by atoms with Gasteiger partial charge in [0.25, 0.3) is 0 Å². The highest BCUT2D eigenvalue weighted by atomic mass is 16.2. The second kappa shape index (κ2) is 5.67. The Hall–Kier alpha value is -1.84. The van der Waals surface area contributed by atoms with Crippen LogP contribution in [0.2, 0.25) is 0 Å². The summed E-state index contributed by atoms with van der Waals surface area (Å²) in [4.78, 5) is 22.8. The fourth-order valence-corrected chi connectivity index (χ4v) is 2.03. The summed E-state index contributed by atoms with van der Waals surface area (Å²) < 4.78 is 0. The second-order valence-electron chi connectivity index (χ2n) is 4.77. The summed E-state index contributed by atoms with van der Waals surface area (Å²) in [7, 11) is 0. The van der Waals surface area contributed by atoms with Gasteiger partial charge in [-0.15, -0.1) is 0 Å². The predicted molar refractivity (Wildman–Crippen MR) is 69.1 cm³/mol. The van der Waals surface area contributed by atoms with Crippen LogP contribution in [0.25, 0.3) is 0 Å². The zero-order valence-corrected chi connectivity index (χ0v) is 10.5. The molecule has 18 heavy (non-hydrogen) atoms. The van der Waals surface area contributed by atoms with Gasteiger partial charge in [0.05, 0.1) is 6.42 Å². The minimum Gasteiger partial charge on any atom is -0.354 e. The fourth-order valence-electron chi connectivity index (χ4n) is 2.03. The van der Waals surface area contributed by atoms with Crippen molar-refractivity contribution in [3.05, 3.63) is 35.4 Å². The van der Waals surface area contributed by atoms with Gasteiger partial charge in [-0.1, -0.05) is 29.8 Å². The van der Waals surface area contributed by atoms with Crippen LogP contribution in [-0.4, -0.2) is 24.4 Å². The molecule has 96 valence electrons. The third-order valence-electron chi connectivity index (χ3n) is 3.12. The molecule has 1 unspecified atom stereocenters. The number of piperidine rings is 1. The minimum absolute atomic E-state index is 0.0139. The molecule has 0 saturated carbocycles. The molecule has 1 atom stereocenters. The zero-order chi connectivity index (χ0) is 13.0. The van der Waals surface area contributed by atoms with E-state index >= 15 is 0 Å². The summed E-state index contributed by atoms with van der Waals surface area (Å²) in [5.41, 5.74) is 2.20. The Labute approximate surface area is 107 Å². The smallest absolute Gasteiger partial charge is 0.224 e. The molecule has 0 radical (unpaired) electrons. The Bertz CT molecular complexity index is 430. The van der Waals surface area contributed by atoms with Crippen LogP contribution in [-0.2, 0) is 16.0 Å². The molecule has 2 amide bonds. The molecule has 1 heterocycles. The summed E-state index contributed by atoms with van der Waals surface area (Å²) in [6.07, 6.45) is 1.62. The van der Waals surface area contributed by atoms with Crippen LogP contribution >= 0.6 is 0 Å². The van der Waals surface area contributed by atoms with Gasteiger partial charge in [0.15, 0.2) is 0 Å². The summed E-state index contributed by atoms with van der Waals surface area (Å²) in [5, 5.41) is 5.70. The van der Waals surface area contributed by atoms with Gasteiger partial charge >= 0.3 is 0 Å². The molecule has 0 aliphatic carbocycles. The molecule has 0 bridgehead atoms. The first-order valence-corrected chi connectivity index (χ1v) is 6.25. The first-order valence-electron chi connectivity index (χ1n) is 6.25. The monoisotopic (exact) mass is 246 g/mol. The molecule has 1 aromatic carbocycles. The van der Waals surface area contributed by atoms with E-state index in [4.69, 9.17) is 0 Å². The molecule has 0 aromatic heterocycles. The first-order chi connectivity index (χ1) is 8.63. The largest absolute Gasteiger partial charge is 0.354 e. The highest BCUT2D eigenvalue weighted by molar-refractivity contribution is 5.80. The maximum Gasteiger partial charge on any atom is 0.224 e. The number of carbonyl (C=O) groups is 2. The summed E-state index contributed by atoms with van der Waals surface area (Å²) in [6, 6.07) is 8.02. The Morgan fingerprint density at radius 3 is 2.72 bits per heavy atom. The molecule has 2 N–H and O–H groups in total. The quantitative estimate of drug-likeness (QED) is 0.833. The summed E-state index contributed by atoms with van der Waals surface area (Å²) in [6.45, 7) is 2.56. The lowest BCUT2D eigenvalue weighted by Gasteiger charge is -2.23. The van der Waals surface area contributed by atoms with E-state index < -0.39 is 0 Å². The zero-order valence-electron chi connectivity index (χ0n) is 10.5. The van der Waals surface area contributed by atoms with Crippen molar-refractivity contribution in [2.24, 2.45) is 0 Å². The van der Waals surface area contributed by atoms with Gasteiger partial charge < -0.3 is 10.6 Å². The summed E-state index contributed by atoms with van der Waals surface area (Å²) in [5.74, 6) is 0.0824. The van der Waals surface area contributed by atoms with Crippen molar-refractivity contribution in [3.8, 4) is 0 Å². The lowest BCUT2D eigenvalue weighted by atomic mass is 10.1. The number of nitrogens with one attached hydrogen (secondary N) is 2. The van der Waals surface area contributed by atoms with E-state index in [1.807, 2.05) is 31.2 Å². The second-order valence-corrected chi connectivity index (χ2v) is 4.77. The van der Waals surface area contributed by atoms with Gasteiger partial charge in [-0.3, -0.25) is 9.59 Å². The third-order valence-corrected chi connectivity index (χ3v) is 3.12. The Morgan fingerprint density at radius 2 is 2.11 bits per heavy atom. The number of carbonyl (C=O) groups excluding carboxylic acids is 2. The molecule has 1 aliphatic rings. The van der Waals surface area contributed by atoms with Gasteiger partial charge in [0.1, 0.15) is 0 Å². The molecule has 4 nitrogen and oxygen atoms in total. The number of hydrogen-bond donors (Lipinski definition) is 2. The van der Waals surface area contributed by atoms with Crippen molar-refractivity contribution in [2.45, 2.75) is 32.2 Å². The van der Waals surface area contributed by atoms with Crippen molar-refractivity contribution in [2.75, 3.05) is 6.54 Å². The highest BCUT2D eigenvalue weighted by Crippen LogP contribution is 2.06. The average molecular weight is 246 g/mol. The molecular weight excluding hydrogens is 228 g/mol. The molecule has 1 saturated heterocycles. The molecular formula is C14H18N2O2. The molecule has 0 spiro atoms. The Morgan fingerprint density at radius 1 is 1.39 bits per heavy atom. The van der Waals surface area contributed by atoms with Crippen molar-refractivity contribution in [1.82, 2.24) is 10.6 Å². The topological polar surface area (TPSA) is 58.2 Å². The molecule has 1 aliphatic heterocycles. The number of amides is 2. The van der Waals surface area contributed by atoms with Gasteiger partial charge in [-0.25, -0.2) is 0 Å². The van der Waals surface area contributed by atoms with Crippen LogP contribution in [0.3, 0.4) is 0 Å². The van der Waals surface area contributed by atoms with Crippen LogP contribution < -0.4 is 10.6 Å². The van der Waals surface area contributed by atoms with Crippen molar-refractivity contribution in [3.63, 3.8) is 0 Å². The first kappa shape index (κ1) is 12.6. The number of benzene rings is 1. The number of aryl methyl sites for hydroxylation is 1. The van der Waals surface area contributed by atoms with Crippen LogP contribution in [0.4, 0.5) is 0 Å². The molecule has 1 aromatic rings. The highest BCUT2D eigenvalue weighted by Gasteiger charge is 2.19. The lowest BCUT2D eigenvalue weighted by Crippen LogP contribution is -2.48. The van der Waals surface area contributed by atoms with Crippen molar-refractivity contribution < 1.29 is 9.59 Å². The molecule has 2 rings (SSSR count). The van der Waals surface area contributed by atoms with Crippen LogP contribution in [0.15, 0.2) is 24.3 Å². The minimum atomic E-state index is 0.0139. The van der Waals surface area contributed by atoms with Crippen LogP contribution in [0.5, 0.6) is 0 Å². The number of hydrogen-bond acceptors (Lipinski definition) is 2. The van der Waals surface area contributed by atoms with E-state index in [0.717, 1.165) is 12.0 Å².